The number of hydrogen-bond acceptors (Lipinski definition) is 1. The molecule has 0 saturated carbocycles. The number of aromatic nitrogens is 2. The molecule has 2 heteroatoms. The number of rotatable bonds is 1. The van der Waals surface area contributed by atoms with Crippen LogP contribution >= 0.6 is 0 Å². The van der Waals surface area contributed by atoms with Gasteiger partial charge in [0.05, 0.1) is 11.7 Å². The Bertz CT molecular complexity index is 393. The van der Waals surface area contributed by atoms with Crippen molar-refractivity contribution < 1.29 is 1.43 Å². The maximum Gasteiger partial charge on any atom is 0.0640 e. The summed E-state index contributed by atoms with van der Waals surface area (Å²) < 4.78 is 0. The van der Waals surface area contributed by atoms with Gasteiger partial charge in [-0.25, -0.2) is 0 Å². The van der Waals surface area contributed by atoms with Crippen LogP contribution in [0.15, 0.2) is 24.5 Å². The zero-order valence-corrected chi connectivity index (χ0v) is 9.33. The molecule has 0 aromatic carbocycles. The van der Waals surface area contributed by atoms with E-state index < -0.39 is 0 Å². The minimum atomic E-state index is 0. The minimum Gasteiger partial charge on any atom is -0.360 e. The second-order valence-electron chi connectivity index (χ2n) is 3.33. The molecule has 78 valence electrons. The molecule has 0 unspecified atom stereocenters. The van der Waals surface area contributed by atoms with Crippen LogP contribution in [0.5, 0.6) is 0 Å². The Balaban J connectivity index is 0.000000617. The topological polar surface area (TPSA) is 28.7 Å². The Hall–Kier alpha value is -1.31. The van der Waals surface area contributed by atoms with Crippen molar-refractivity contribution in [2.75, 3.05) is 0 Å². The Morgan fingerprint density at radius 3 is 2.71 bits per heavy atom. The lowest BCUT2D eigenvalue weighted by molar-refractivity contribution is 0.826. The van der Waals surface area contributed by atoms with Crippen LogP contribution in [0.1, 0.15) is 40.7 Å². The fraction of sp³-hybridized carbons (Fsp3) is 0.417. The number of aromatic amines is 1. The predicted octanol–water partition coefficient (Wildman–Crippen LogP) is 3.96. The fourth-order valence-electron chi connectivity index (χ4n) is 1.28. The summed E-state index contributed by atoms with van der Waals surface area (Å²) in [5, 5.41) is 1.24. The van der Waals surface area contributed by atoms with E-state index >= 15 is 0 Å². The summed E-state index contributed by atoms with van der Waals surface area (Å²) in [6.07, 6.45) is 3.83. The molecule has 2 heterocycles. The molecular weight excluding hydrogens is 172 g/mol. The molecule has 0 aliphatic heterocycles. The molecular formula is C12H20N2. The maximum absolute atomic E-state index is 4.35. The number of fused-ring (bicyclic) bond motifs is 1. The Morgan fingerprint density at radius 2 is 2.07 bits per heavy atom. The SMILES string of the molecule is CC.CC(C)c1cc2cc[nH]c2cn1.[HH]. The molecule has 0 fully saturated rings. The number of hydrogen-bond donors (Lipinski definition) is 1. The minimum absolute atomic E-state index is 0. The zero-order valence-electron chi connectivity index (χ0n) is 9.33. The first kappa shape index (κ1) is 10.8. The van der Waals surface area contributed by atoms with Gasteiger partial charge in [-0.2, -0.15) is 0 Å². The van der Waals surface area contributed by atoms with Gasteiger partial charge in [-0.1, -0.05) is 27.7 Å². The van der Waals surface area contributed by atoms with Crippen molar-refractivity contribution in [2.45, 2.75) is 33.6 Å². The molecule has 14 heavy (non-hydrogen) atoms. The van der Waals surface area contributed by atoms with E-state index in [-0.39, 0.29) is 1.43 Å². The summed E-state index contributed by atoms with van der Waals surface area (Å²) in [5.74, 6) is 0.504. The Morgan fingerprint density at radius 1 is 1.36 bits per heavy atom. The molecule has 0 bridgehead atoms. The van der Waals surface area contributed by atoms with E-state index in [2.05, 4.69) is 35.9 Å². The molecule has 2 nitrogen and oxygen atoms in total. The van der Waals surface area contributed by atoms with Gasteiger partial charge in [0, 0.05) is 18.7 Å². The molecule has 0 amide bonds. The third kappa shape index (κ3) is 2.13. The van der Waals surface area contributed by atoms with Crippen molar-refractivity contribution in [1.82, 2.24) is 9.97 Å². The van der Waals surface area contributed by atoms with Crippen LogP contribution in [0, 0.1) is 0 Å². The third-order valence-electron chi connectivity index (χ3n) is 2.05. The molecule has 0 spiro atoms. The Kier molecular flexibility index (Phi) is 3.69. The zero-order chi connectivity index (χ0) is 10.6. The Labute approximate surface area is 86.9 Å². The first-order valence-corrected chi connectivity index (χ1v) is 5.20. The van der Waals surface area contributed by atoms with Crippen molar-refractivity contribution in [2.24, 2.45) is 0 Å². The van der Waals surface area contributed by atoms with Gasteiger partial charge < -0.3 is 4.98 Å². The van der Waals surface area contributed by atoms with Crippen LogP contribution in [0.2, 0.25) is 0 Å². The average molecular weight is 192 g/mol. The molecule has 0 aliphatic carbocycles. The standard InChI is InChI=1S/C10H12N2.C2H6.H2/c1-7(2)9-5-8-3-4-11-10(8)6-12-9;1-2;/h3-7,11H,1-2H3;1-2H3;1H. The predicted molar refractivity (Wildman–Crippen MR) is 63.6 cm³/mol. The maximum atomic E-state index is 4.35. The average Bonchev–Trinajstić information content (AvgIpc) is 2.67. The first-order valence-electron chi connectivity index (χ1n) is 5.20. The smallest absolute Gasteiger partial charge is 0.0640 e. The third-order valence-corrected chi connectivity index (χ3v) is 2.05. The first-order chi connectivity index (χ1) is 6.77. The van der Waals surface area contributed by atoms with Crippen LogP contribution in [-0.4, -0.2) is 9.97 Å². The molecule has 0 saturated heterocycles. The van der Waals surface area contributed by atoms with Gasteiger partial charge in [-0.3, -0.25) is 4.98 Å². The number of nitrogens with one attached hydrogen (secondary N) is 1. The summed E-state index contributed by atoms with van der Waals surface area (Å²) in [6.45, 7) is 8.31. The largest absolute Gasteiger partial charge is 0.360 e. The van der Waals surface area contributed by atoms with Crippen LogP contribution in [0.3, 0.4) is 0 Å². The highest BCUT2D eigenvalue weighted by Crippen LogP contribution is 2.17. The van der Waals surface area contributed by atoms with Gasteiger partial charge in [-0.15, -0.1) is 0 Å². The second-order valence-corrected chi connectivity index (χ2v) is 3.33. The summed E-state index contributed by atoms with van der Waals surface area (Å²) in [7, 11) is 0. The van der Waals surface area contributed by atoms with Crippen LogP contribution < -0.4 is 0 Å². The second kappa shape index (κ2) is 4.80. The molecule has 0 radical (unpaired) electrons. The van der Waals surface area contributed by atoms with E-state index in [1.807, 2.05) is 26.2 Å². The summed E-state index contributed by atoms with van der Waals surface area (Å²) in [4.78, 5) is 7.47. The highest BCUT2D eigenvalue weighted by atomic mass is 14.7. The van der Waals surface area contributed by atoms with E-state index in [1.54, 1.807) is 0 Å². The van der Waals surface area contributed by atoms with E-state index in [1.165, 1.54) is 5.39 Å². The van der Waals surface area contributed by atoms with Crippen molar-refractivity contribution in [3.8, 4) is 0 Å². The molecule has 2 aromatic rings. The number of H-pyrrole nitrogens is 1. The summed E-state index contributed by atoms with van der Waals surface area (Å²) in [5.41, 5.74) is 2.27. The van der Waals surface area contributed by atoms with Gasteiger partial charge in [0.2, 0.25) is 0 Å². The highest BCUT2D eigenvalue weighted by molar-refractivity contribution is 5.78. The van der Waals surface area contributed by atoms with Gasteiger partial charge in [0.1, 0.15) is 0 Å². The lowest BCUT2D eigenvalue weighted by atomic mass is 10.1. The molecule has 2 rings (SSSR count). The molecule has 1 N–H and O–H groups in total. The summed E-state index contributed by atoms with van der Waals surface area (Å²) >= 11 is 0. The van der Waals surface area contributed by atoms with E-state index in [0.29, 0.717) is 5.92 Å². The van der Waals surface area contributed by atoms with Crippen molar-refractivity contribution in [3.63, 3.8) is 0 Å². The summed E-state index contributed by atoms with van der Waals surface area (Å²) in [6, 6.07) is 4.21. The van der Waals surface area contributed by atoms with Crippen molar-refractivity contribution in [1.29, 1.82) is 0 Å². The van der Waals surface area contributed by atoms with E-state index in [9.17, 15) is 0 Å². The highest BCUT2D eigenvalue weighted by Gasteiger charge is 2.01. The normalized spacial score (nSPS) is 10.1. The van der Waals surface area contributed by atoms with Crippen molar-refractivity contribution >= 4 is 10.9 Å². The number of nitrogens with zero attached hydrogens (tertiary/aromatic N) is 1. The van der Waals surface area contributed by atoms with Gasteiger partial charge >= 0.3 is 0 Å². The van der Waals surface area contributed by atoms with Gasteiger partial charge in [0.15, 0.2) is 0 Å². The quantitative estimate of drug-likeness (QED) is 0.728. The van der Waals surface area contributed by atoms with Crippen LogP contribution in [0.25, 0.3) is 10.9 Å². The fourth-order valence-corrected chi connectivity index (χ4v) is 1.28. The molecule has 2 aromatic heterocycles. The molecule has 0 atom stereocenters. The van der Waals surface area contributed by atoms with Gasteiger partial charge in [-0.05, 0) is 18.1 Å². The van der Waals surface area contributed by atoms with Crippen molar-refractivity contribution in [3.05, 3.63) is 30.2 Å². The van der Waals surface area contributed by atoms with Gasteiger partial charge in [0.25, 0.3) is 0 Å². The van der Waals surface area contributed by atoms with E-state index in [0.717, 1.165) is 11.2 Å². The monoisotopic (exact) mass is 192 g/mol. The number of pyridine rings is 1. The van der Waals surface area contributed by atoms with Crippen LogP contribution in [0.4, 0.5) is 0 Å². The lowest BCUT2D eigenvalue weighted by Crippen LogP contribution is -1.90. The molecule has 0 aliphatic rings. The van der Waals surface area contributed by atoms with Crippen LogP contribution in [-0.2, 0) is 0 Å². The van der Waals surface area contributed by atoms with E-state index in [4.69, 9.17) is 0 Å². The lowest BCUT2D eigenvalue weighted by Gasteiger charge is -2.02.